The third-order valence-corrected chi connectivity index (χ3v) is 7.03. The van der Waals surface area contributed by atoms with E-state index in [2.05, 4.69) is 10.2 Å². The monoisotopic (exact) mass is 447 g/mol. The van der Waals surface area contributed by atoms with E-state index in [9.17, 15) is 13.2 Å². The molecule has 1 fully saturated rings. The molecule has 2 aromatic rings. The Balaban J connectivity index is 1.43. The molecule has 0 unspecified atom stereocenters. The second kappa shape index (κ2) is 10.5. The molecular formula is C22H29N3O5S. The summed E-state index contributed by atoms with van der Waals surface area (Å²) >= 11 is 0. The number of anilines is 1. The molecule has 0 bridgehead atoms. The minimum atomic E-state index is -3.45. The molecule has 8 nitrogen and oxygen atoms in total. The Labute approximate surface area is 183 Å². The first kappa shape index (κ1) is 22.9. The van der Waals surface area contributed by atoms with E-state index in [1.807, 2.05) is 42.5 Å². The Morgan fingerprint density at radius 2 is 1.65 bits per heavy atom. The molecule has 3 rings (SSSR count). The molecule has 31 heavy (non-hydrogen) atoms. The van der Waals surface area contributed by atoms with Gasteiger partial charge in [-0.1, -0.05) is 18.2 Å². The number of sulfonamides is 1. The number of carbonyl (C=O) groups excluding carboxylic acids is 1. The zero-order valence-corrected chi connectivity index (χ0v) is 18.7. The van der Waals surface area contributed by atoms with Gasteiger partial charge in [0.2, 0.25) is 10.0 Å². The Bertz CT molecular complexity index is 943. The average molecular weight is 448 g/mol. The Kier molecular flexibility index (Phi) is 7.75. The van der Waals surface area contributed by atoms with Gasteiger partial charge >= 0.3 is 0 Å². The fourth-order valence-electron chi connectivity index (χ4n) is 3.35. The lowest BCUT2D eigenvalue weighted by atomic mass is 10.2. The van der Waals surface area contributed by atoms with Crippen LogP contribution in [0.4, 0.5) is 5.69 Å². The summed E-state index contributed by atoms with van der Waals surface area (Å²) in [6.07, 6.45) is -0.710. The maximum Gasteiger partial charge on any atom is 0.260 e. The van der Waals surface area contributed by atoms with Gasteiger partial charge in [-0.25, -0.2) is 8.42 Å². The van der Waals surface area contributed by atoms with Crippen molar-refractivity contribution in [2.24, 2.45) is 0 Å². The van der Waals surface area contributed by atoms with E-state index in [1.165, 1.54) is 4.31 Å². The van der Waals surface area contributed by atoms with Crippen LogP contribution in [0.25, 0.3) is 0 Å². The highest BCUT2D eigenvalue weighted by Crippen LogP contribution is 2.21. The third kappa shape index (κ3) is 6.35. The summed E-state index contributed by atoms with van der Waals surface area (Å²) in [5, 5.41) is 2.65. The molecule has 1 aliphatic heterocycles. The Morgan fingerprint density at radius 3 is 2.26 bits per heavy atom. The van der Waals surface area contributed by atoms with Crippen LogP contribution in [0.3, 0.4) is 0 Å². The van der Waals surface area contributed by atoms with Gasteiger partial charge in [-0.15, -0.1) is 0 Å². The van der Waals surface area contributed by atoms with Crippen molar-refractivity contribution in [3.05, 3.63) is 54.6 Å². The molecule has 0 aromatic heterocycles. The van der Waals surface area contributed by atoms with Crippen LogP contribution in [-0.2, 0) is 14.8 Å². The van der Waals surface area contributed by atoms with Crippen molar-refractivity contribution in [2.45, 2.75) is 13.0 Å². The van der Waals surface area contributed by atoms with Gasteiger partial charge in [0.15, 0.2) is 6.10 Å². The summed E-state index contributed by atoms with van der Waals surface area (Å²) in [4.78, 5) is 14.3. The molecule has 1 heterocycles. The molecule has 0 radical (unpaired) electrons. The standard InChI is InChI=1S/C22H29N3O5S/c1-18(30-21-6-4-3-5-7-21)22(26)23-12-17-31(27,28)25-15-13-24(14-16-25)19-8-10-20(29-2)11-9-19/h3-11,18H,12-17H2,1-2H3,(H,23,26)/t18-/m0/s1. The van der Waals surface area contributed by atoms with Crippen LogP contribution in [0.1, 0.15) is 6.92 Å². The number of benzene rings is 2. The van der Waals surface area contributed by atoms with Crippen molar-refractivity contribution < 1.29 is 22.7 Å². The summed E-state index contributed by atoms with van der Waals surface area (Å²) in [5.74, 6) is 0.894. The van der Waals surface area contributed by atoms with E-state index in [0.717, 1.165) is 11.4 Å². The number of rotatable bonds is 9. The van der Waals surface area contributed by atoms with E-state index in [4.69, 9.17) is 9.47 Å². The highest BCUT2D eigenvalue weighted by atomic mass is 32.2. The number of nitrogens with zero attached hydrogens (tertiary/aromatic N) is 2. The van der Waals surface area contributed by atoms with Gasteiger partial charge in [0, 0.05) is 38.4 Å². The van der Waals surface area contributed by atoms with Crippen LogP contribution in [0, 0.1) is 0 Å². The number of methoxy groups -OCH3 is 1. The van der Waals surface area contributed by atoms with E-state index in [1.54, 1.807) is 26.2 Å². The SMILES string of the molecule is COc1ccc(N2CCN(S(=O)(=O)CCNC(=O)[C@H](C)Oc3ccccc3)CC2)cc1. The number of ether oxygens (including phenoxy) is 2. The third-order valence-electron chi connectivity index (χ3n) is 5.15. The Hall–Kier alpha value is -2.78. The van der Waals surface area contributed by atoms with Crippen molar-refractivity contribution in [3.63, 3.8) is 0 Å². The minimum Gasteiger partial charge on any atom is -0.497 e. The lowest BCUT2D eigenvalue weighted by Gasteiger charge is -2.35. The van der Waals surface area contributed by atoms with E-state index < -0.39 is 16.1 Å². The smallest absolute Gasteiger partial charge is 0.260 e. The molecule has 9 heteroatoms. The molecule has 0 aliphatic carbocycles. The fraction of sp³-hybridized carbons (Fsp3) is 0.409. The summed E-state index contributed by atoms with van der Waals surface area (Å²) in [6, 6.07) is 16.8. The van der Waals surface area contributed by atoms with Crippen LogP contribution in [0.2, 0.25) is 0 Å². The van der Waals surface area contributed by atoms with Crippen molar-refractivity contribution in [2.75, 3.05) is 50.5 Å². The summed E-state index contributed by atoms with van der Waals surface area (Å²) < 4.78 is 37.5. The fourth-order valence-corrected chi connectivity index (χ4v) is 4.69. The molecule has 1 aliphatic rings. The molecule has 0 saturated carbocycles. The van der Waals surface area contributed by atoms with Crippen molar-refractivity contribution in [1.82, 2.24) is 9.62 Å². The summed E-state index contributed by atoms with van der Waals surface area (Å²) in [6.45, 7) is 3.73. The topological polar surface area (TPSA) is 88.2 Å². The summed E-state index contributed by atoms with van der Waals surface area (Å²) in [7, 11) is -1.83. The maximum atomic E-state index is 12.7. The minimum absolute atomic E-state index is 0.0440. The zero-order valence-electron chi connectivity index (χ0n) is 17.9. The molecule has 1 atom stereocenters. The predicted molar refractivity (Wildman–Crippen MR) is 120 cm³/mol. The van der Waals surface area contributed by atoms with Crippen LogP contribution >= 0.6 is 0 Å². The number of hydrogen-bond acceptors (Lipinski definition) is 6. The number of hydrogen-bond donors (Lipinski definition) is 1. The molecule has 0 spiro atoms. The Morgan fingerprint density at radius 1 is 1.00 bits per heavy atom. The van der Waals surface area contributed by atoms with E-state index >= 15 is 0 Å². The quantitative estimate of drug-likeness (QED) is 0.630. The number of nitrogens with one attached hydrogen (secondary N) is 1. The van der Waals surface area contributed by atoms with E-state index in [0.29, 0.717) is 31.9 Å². The molecule has 1 saturated heterocycles. The zero-order chi connectivity index (χ0) is 22.3. The van der Waals surface area contributed by atoms with Crippen molar-refractivity contribution in [1.29, 1.82) is 0 Å². The lowest BCUT2D eigenvalue weighted by molar-refractivity contribution is -0.127. The normalized spacial score (nSPS) is 15.9. The van der Waals surface area contributed by atoms with Crippen molar-refractivity contribution >= 4 is 21.6 Å². The first-order valence-electron chi connectivity index (χ1n) is 10.3. The molecule has 168 valence electrons. The first-order valence-corrected chi connectivity index (χ1v) is 11.9. The average Bonchev–Trinajstić information content (AvgIpc) is 2.79. The van der Waals surface area contributed by atoms with Gasteiger partial charge in [0.1, 0.15) is 11.5 Å². The van der Waals surface area contributed by atoms with Crippen molar-refractivity contribution in [3.8, 4) is 11.5 Å². The second-order valence-electron chi connectivity index (χ2n) is 7.26. The molecule has 1 N–H and O–H groups in total. The predicted octanol–water partition coefficient (Wildman–Crippen LogP) is 1.73. The van der Waals surface area contributed by atoms with Gasteiger partial charge in [-0.3, -0.25) is 4.79 Å². The van der Waals surface area contributed by atoms with Gasteiger partial charge in [0.05, 0.1) is 12.9 Å². The molecular weight excluding hydrogens is 418 g/mol. The van der Waals surface area contributed by atoms with Gasteiger partial charge in [-0.2, -0.15) is 4.31 Å². The summed E-state index contributed by atoms with van der Waals surface area (Å²) in [5.41, 5.74) is 1.04. The molecule has 1 amide bonds. The van der Waals surface area contributed by atoms with Crippen LogP contribution < -0.4 is 19.7 Å². The second-order valence-corrected chi connectivity index (χ2v) is 9.35. The first-order chi connectivity index (χ1) is 14.9. The van der Waals surface area contributed by atoms with Crippen LogP contribution in [0.15, 0.2) is 54.6 Å². The van der Waals surface area contributed by atoms with Gasteiger partial charge in [0.25, 0.3) is 5.91 Å². The van der Waals surface area contributed by atoms with Crippen LogP contribution in [-0.4, -0.2) is 70.3 Å². The van der Waals surface area contributed by atoms with Crippen LogP contribution in [0.5, 0.6) is 11.5 Å². The number of piperazine rings is 1. The largest absolute Gasteiger partial charge is 0.497 e. The number of amides is 1. The van der Waals surface area contributed by atoms with Gasteiger partial charge in [-0.05, 0) is 43.3 Å². The van der Waals surface area contributed by atoms with Gasteiger partial charge < -0.3 is 19.7 Å². The maximum absolute atomic E-state index is 12.7. The number of para-hydroxylation sites is 1. The highest BCUT2D eigenvalue weighted by Gasteiger charge is 2.27. The highest BCUT2D eigenvalue weighted by molar-refractivity contribution is 7.89. The van der Waals surface area contributed by atoms with E-state index in [-0.39, 0.29) is 18.2 Å². The molecule has 2 aromatic carbocycles. The number of carbonyl (C=O) groups is 1. The lowest BCUT2D eigenvalue weighted by Crippen LogP contribution is -2.50.